The number of hydrogen-bond acceptors (Lipinski definition) is 9. The van der Waals surface area contributed by atoms with Gasteiger partial charge in [-0.3, -0.25) is 14.0 Å². The van der Waals surface area contributed by atoms with E-state index >= 15 is 0 Å². The summed E-state index contributed by atoms with van der Waals surface area (Å²) in [5, 5.41) is 16.4. The lowest BCUT2D eigenvalue weighted by Gasteiger charge is -2.36. The normalized spacial score (nSPS) is 19.4. The molecule has 1 aromatic heterocycles. The van der Waals surface area contributed by atoms with Crippen molar-refractivity contribution in [1.29, 1.82) is 0 Å². The van der Waals surface area contributed by atoms with Crippen LogP contribution < -0.4 is 0 Å². The zero-order chi connectivity index (χ0) is 24.8. The van der Waals surface area contributed by atoms with Crippen molar-refractivity contribution in [3.8, 4) is 0 Å². The number of fused-ring (bicyclic) bond motifs is 1. The third-order valence-corrected chi connectivity index (χ3v) is 9.59. The predicted octanol–water partition coefficient (Wildman–Crippen LogP) is -0.0476. The Kier molecular flexibility index (Phi) is 6.23. The number of aromatic nitrogens is 2. The molecule has 0 bridgehead atoms. The van der Waals surface area contributed by atoms with E-state index in [9.17, 15) is 31.5 Å². The number of aromatic carboxylic acids is 1. The maximum atomic E-state index is 13.6. The minimum atomic E-state index is -4.97. The molecule has 0 radical (unpaired) electrons. The van der Waals surface area contributed by atoms with Crippen LogP contribution in [0.2, 0.25) is 0 Å². The number of azide groups is 1. The Morgan fingerprint density at radius 2 is 2.00 bits per heavy atom. The second kappa shape index (κ2) is 8.25. The van der Waals surface area contributed by atoms with E-state index in [0.29, 0.717) is 0 Å². The number of carboxylic acid groups (broad SMARTS) is 1. The summed E-state index contributed by atoms with van der Waals surface area (Å²) in [5.41, 5.74) is 8.74. The highest BCUT2D eigenvalue weighted by atomic mass is 32.3. The smallest absolute Gasteiger partial charge is 0.397 e. The third kappa shape index (κ3) is 4.41. The lowest BCUT2D eigenvalue weighted by atomic mass is 10.0. The van der Waals surface area contributed by atoms with Crippen molar-refractivity contribution in [3.05, 3.63) is 27.4 Å². The Balaban J connectivity index is 1.91. The van der Waals surface area contributed by atoms with Gasteiger partial charge < -0.3 is 10.0 Å². The van der Waals surface area contributed by atoms with Crippen molar-refractivity contribution in [2.45, 2.75) is 35.7 Å². The molecule has 1 unspecified atom stereocenters. The van der Waals surface area contributed by atoms with E-state index in [2.05, 4.69) is 19.3 Å². The highest BCUT2D eigenvalue weighted by Crippen LogP contribution is 2.49. The van der Waals surface area contributed by atoms with Gasteiger partial charge in [0.2, 0.25) is 0 Å². The first kappa shape index (κ1) is 24.9. The fourth-order valence-electron chi connectivity index (χ4n) is 4.00. The molecule has 1 aliphatic carbocycles. The monoisotopic (exact) mass is 506 g/mol. The van der Waals surface area contributed by atoms with E-state index in [4.69, 9.17) is 10.1 Å². The van der Waals surface area contributed by atoms with Gasteiger partial charge in [0.15, 0.2) is 15.5 Å². The Hall–Kier alpha value is -2.72. The van der Waals surface area contributed by atoms with Crippen molar-refractivity contribution in [1.82, 2.24) is 14.7 Å². The zero-order valence-corrected chi connectivity index (χ0v) is 19.3. The number of rotatable bonds is 10. The number of carboxylic acids is 1. The van der Waals surface area contributed by atoms with Gasteiger partial charge in [0.25, 0.3) is 5.91 Å². The largest absolute Gasteiger partial charge is 0.476 e. The average molecular weight is 507 g/mol. The van der Waals surface area contributed by atoms with Gasteiger partial charge in [-0.25, -0.2) is 17.4 Å². The molecule has 2 aliphatic rings. The van der Waals surface area contributed by atoms with Gasteiger partial charge in [0, 0.05) is 37.2 Å². The summed E-state index contributed by atoms with van der Waals surface area (Å²) in [6, 6.07) is 0. The molecule has 1 atom stereocenters. The van der Waals surface area contributed by atoms with Crippen molar-refractivity contribution < 1.29 is 40.3 Å². The average Bonchev–Trinajstić information content (AvgIpc) is 3.43. The molecule has 2 heterocycles. The van der Waals surface area contributed by atoms with Crippen LogP contribution in [0.5, 0.6) is 0 Å². The van der Waals surface area contributed by atoms with E-state index < -0.39 is 54.8 Å². The maximum Gasteiger partial charge on any atom is 0.397 e. The molecule has 17 heteroatoms. The van der Waals surface area contributed by atoms with E-state index in [-0.39, 0.29) is 49.3 Å². The molecule has 33 heavy (non-hydrogen) atoms. The van der Waals surface area contributed by atoms with Crippen molar-refractivity contribution in [2.75, 3.05) is 26.2 Å². The second-order valence-electron chi connectivity index (χ2n) is 8.30. The highest BCUT2D eigenvalue weighted by Gasteiger charge is 2.62. The second-order valence-corrected chi connectivity index (χ2v) is 12.2. The summed E-state index contributed by atoms with van der Waals surface area (Å²) in [5.74, 6) is -1.85. The van der Waals surface area contributed by atoms with Crippen LogP contribution in [0.3, 0.4) is 0 Å². The highest BCUT2D eigenvalue weighted by molar-refractivity contribution is 7.94. The minimum absolute atomic E-state index is 0.0541. The van der Waals surface area contributed by atoms with Gasteiger partial charge in [0.05, 0.1) is 11.4 Å². The number of amides is 1. The van der Waals surface area contributed by atoms with Crippen LogP contribution in [0.15, 0.2) is 5.11 Å². The molecule has 0 aromatic carbocycles. The van der Waals surface area contributed by atoms with E-state index in [0.717, 1.165) is 11.6 Å². The number of aryl methyl sites for hydroxylation is 1. The third-order valence-electron chi connectivity index (χ3n) is 5.96. The van der Waals surface area contributed by atoms with Gasteiger partial charge in [-0.1, -0.05) is 5.11 Å². The lowest BCUT2D eigenvalue weighted by molar-refractivity contribution is 0.0688. The molecule has 1 saturated carbocycles. The number of nitrogens with zero attached hydrogens (tertiary/aromatic N) is 6. The number of carbonyl (C=O) groups is 2. The standard InChI is InChI=1S/C16H22N6O9S2/c1-15(7-18-20-17,9-31-33(28,29)30)32(26,27)16(4-5-16)8-22-6-3-10-11(14(24)25)19-21(2)12(10)13(22)23/h3-9H2,1-2H3,(H,24,25)(H,28,29,30). The Labute approximate surface area is 188 Å². The molecule has 1 aromatic rings. The van der Waals surface area contributed by atoms with Gasteiger partial charge in [-0.05, 0) is 31.7 Å². The van der Waals surface area contributed by atoms with Gasteiger partial charge >= 0.3 is 16.4 Å². The van der Waals surface area contributed by atoms with Crippen molar-refractivity contribution >= 4 is 32.1 Å². The molecule has 15 nitrogen and oxygen atoms in total. The SMILES string of the molecule is Cn1nc(C(=O)O)c2c1C(=O)N(CC1(S(=O)(=O)C(C)(CN=[N+]=[N-])COS(=O)(=O)O)CC1)CC2. The van der Waals surface area contributed by atoms with Gasteiger partial charge in [-0.2, -0.15) is 13.5 Å². The molecule has 0 saturated heterocycles. The molecule has 1 amide bonds. The van der Waals surface area contributed by atoms with Gasteiger partial charge in [0.1, 0.15) is 10.4 Å². The first-order chi connectivity index (χ1) is 15.2. The first-order valence-electron chi connectivity index (χ1n) is 9.63. The van der Waals surface area contributed by atoms with Crippen LogP contribution in [0, 0.1) is 0 Å². The molecule has 3 rings (SSSR count). The summed E-state index contributed by atoms with van der Waals surface area (Å²) < 4.78 is 60.1. The van der Waals surface area contributed by atoms with Crippen molar-refractivity contribution in [3.63, 3.8) is 0 Å². The van der Waals surface area contributed by atoms with Crippen LogP contribution in [0.4, 0.5) is 0 Å². The fourth-order valence-corrected chi connectivity index (χ4v) is 6.94. The topological polar surface area (TPSA) is 222 Å². The molecular formula is C16H22N6O9S2. The first-order valence-corrected chi connectivity index (χ1v) is 12.5. The van der Waals surface area contributed by atoms with Crippen LogP contribution in [0.25, 0.3) is 10.4 Å². The molecular weight excluding hydrogens is 484 g/mol. The number of sulfone groups is 1. The minimum Gasteiger partial charge on any atom is -0.476 e. The Morgan fingerprint density at radius 3 is 2.52 bits per heavy atom. The molecule has 182 valence electrons. The predicted molar refractivity (Wildman–Crippen MR) is 111 cm³/mol. The van der Waals surface area contributed by atoms with E-state index in [1.807, 2.05) is 0 Å². The van der Waals surface area contributed by atoms with Crippen LogP contribution in [0.1, 0.15) is 46.3 Å². The summed E-state index contributed by atoms with van der Waals surface area (Å²) >= 11 is 0. The van der Waals surface area contributed by atoms with Gasteiger partial charge in [-0.15, -0.1) is 0 Å². The lowest BCUT2D eigenvalue weighted by Crippen LogP contribution is -2.54. The molecule has 0 spiro atoms. The quantitative estimate of drug-likeness (QED) is 0.186. The molecule has 1 fully saturated rings. The molecule has 2 N–H and O–H groups in total. The van der Waals surface area contributed by atoms with Crippen LogP contribution in [-0.2, 0) is 37.9 Å². The summed E-state index contributed by atoms with van der Waals surface area (Å²) in [6.07, 6.45) is 0.486. The summed E-state index contributed by atoms with van der Waals surface area (Å²) in [6.45, 7) is -0.692. The summed E-state index contributed by atoms with van der Waals surface area (Å²) in [4.78, 5) is 28.3. The fraction of sp³-hybridized carbons (Fsp3) is 0.688. The number of carbonyl (C=O) groups excluding carboxylic acids is 1. The maximum absolute atomic E-state index is 13.6. The van der Waals surface area contributed by atoms with Crippen molar-refractivity contribution in [2.24, 2.45) is 12.2 Å². The van der Waals surface area contributed by atoms with Crippen LogP contribution in [-0.4, -0.2) is 88.8 Å². The Bertz CT molecular complexity index is 1260. The van der Waals surface area contributed by atoms with E-state index in [1.165, 1.54) is 11.9 Å². The van der Waals surface area contributed by atoms with E-state index in [1.54, 1.807) is 0 Å². The van der Waals surface area contributed by atoms with Crippen LogP contribution >= 0.6 is 0 Å². The number of hydrogen-bond donors (Lipinski definition) is 2. The summed E-state index contributed by atoms with van der Waals surface area (Å²) in [7, 11) is -7.83. The zero-order valence-electron chi connectivity index (χ0n) is 17.7. The molecule has 1 aliphatic heterocycles. The Morgan fingerprint density at radius 1 is 1.36 bits per heavy atom.